The van der Waals surface area contributed by atoms with Gasteiger partial charge in [0.05, 0.1) is 19.6 Å². The van der Waals surface area contributed by atoms with Crippen molar-refractivity contribution in [3.8, 4) is 11.5 Å². The number of aryl methyl sites for hydroxylation is 1. The molecule has 0 amide bonds. The van der Waals surface area contributed by atoms with Crippen molar-refractivity contribution < 1.29 is 9.47 Å². The normalized spacial score (nSPS) is 10.6. The van der Waals surface area contributed by atoms with Crippen molar-refractivity contribution in [3.63, 3.8) is 0 Å². The number of ether oxygens (including phenoxy) is 2. The van der Waals surface area contributed by atoms with Gasteiger partial charge in [0.15, 0.2) is 0 Å². The van der Waals surface area contributed by atoms with Crippen LogP contribution < -0.4 is 9.47 Å². The van der Waals surface area contributed by atoms with Crippen LogP contribution >= 0.6 is 0 Å². The SMILES string of the molecule is CCCCc1ccc(OC)c2c(OC)cccc12. The Hall–Kier alpha value is -1.70. The Morgan fingerprint density at radius 3 is 2.33 bits per heavy atom. The van der Waals surface area contributed by atoms with Gasteiger partial charge in [-0.05, 0) is 35.9 Å². The van der Waals surface area contributed by atoms with Crippen LogP contribution in [0, 0.1) is 0 Å². The summed E-state index contributed by atoms with van der Waals surface area (Å²) in [5.74, 6) is 1.75. The Morgan fingerprint density at radius 2 is 1.67 bits per heavy atom. The molecule has 0 radical (unpaired) electrons. The molecule has 0 unspecified atom stereocenters. The van der Waals surface area contributed by atoms with E-state index in [1.165, 1.54) is 23.8 Å². The van der Waals surface area contributed by atoms with Gasteiger partial charge in [0.25, 0.3) is 0 Å². The van der Waals surface area contributed by atoms with Crippen molar-refractivity contribution in [1.82, 2.24) is 0 Å². The van der Waals surface area contributed by atoms with E-state index in [9.17, 15) is 0 Å². The lowest BCUT2D eigenvalue weighted by atomic mass is 9.99. The van der Waals surface area contributed by atoms with Crippen molar-refractivity contribution in [2.45, 2.75) is 26.2 Å². The number of hydrogen-bond acceptors (Lipinski definition) is 2. The van der Waals surface area contributed by atoms with Gasteiger partial charge in [-0.2, -0.15) is 0 Å². The zero-order valence-corrected chi connectivity index (χ0v) is 11.3. The topological polar surface area (TPSA) is 18.5 Å². The summed E-state index contributed by atoms with van der Waals surface area (Å²) in [6, 6.07) is 10.4. The summed E-state index contributed by atoms with van der Waals surface area (Å²) in [4.78, 5) is 0. The van der Waals surface area contributed by atoms with Crippen LogP contribution in [0.3, 0.4) is 0 Å². The maximum absolute atomic E-state index is 5.45. The van der Waals surface area contributed by atoms with Crippen molar-refractivity contribution in [2.24, 2.45) is 0 Å². The van der Waals surface area contributed by atoms with Gasteiger partial charge in [-0.3, -0.25) is 0 Å². The number of unbranched alkanes of at least 4 members (excludes halogenated alkanes) is 1. The van der Waals surface area contributed by atoms with Crippen molar-refractivity contribution in [1.29, 1.82) is 0 Å². The summed E-state index contributed by atoms with van der Waals surface area (Å²) in [7, 11) is 3.40. The third-order valence-corrected chi connectivity index (χ3v) is 3.29. The Bertz CT molecular complexity index is 522. The van der Waals surface area contributed by atoms with Crippen LogP contribution in [0.2, 0.25) is 0 Å². The number of fused-ring (bicyclic) bond motifs is 1. The summed E-state index contributed by atoms with van der Waals surface area (Å²) < 4.78 is 10.9. The molecular weight excluding hydrogens is 224 g/mol. The lowest BCUT2D eigenvalue weighted by Gasteiger charge is -2.13. The largest absolute Gasteiger partial charge is 0.496 e. The van der Waals surface area contributed by atoms with E-state index in [2.05, 4.69) is 19.1 Å². The molecule has 0 saturated carbocycles. The minimum Gasteiger partial charge on any atom is -0.496 e. The smallest absolute Gasteiger partial charge is 0.130 e. The molecule has 0 bridgehead atoms. The molecule has 0 atom stereocenters. The van der Waals surface area contributed by atoms with Crippen LogP contribution in [0.1, 0.15) is 25.3 Å². The molecule has 18 heavy (non-hydrogen) atoms. The highest BCUT2D eigenvalue weighted by Crippen LogP contribution is 2.36. The fraction of sp³-hybridized carbons (Fsp3) is 0.375. The van der Waals surface area contributed by atoms with Crippen molar-refractivity contribution in [2.75, 3.05) is 14.2 Å². The van der Waals surface area contributed by atoms with Gasteiger partial charge in [-0.25, -0.2) is 0 Å². The molecule has 2 aromatic rings. The molecule has 0 aromatic heterocycles. The van der Waals surface area contributed by atoms with E-state index >= 15 is 0 Å². The van der Waals surface area contributed by atoms with Crippen LogP contribution in [0.4, 0.5) is 0 Å². The summed E-state index contributed by atoms with van der Waals surface area (Å²) in [6.07, 6.45) is 3.51. The zero-order valence-electron chi connectivity index (χ0n) is 11.3. The molecule has 0 aliphatic heterocycles. The van der Waals surface area contributed by atoms with E-state index in [1.807, 2.05) is 18.2 Å². The highest BCUT2D eigenvalue weighted by atomic mass is 16.5. The fourth-order valence-corrected chi connectivity index (χ4v) is 2.33. The molecule has 2 rings (SSSR count). The summed E-state index contributed by atoms with van der Waals surface area (Å²) in [5, 5.41) is 2.32. The van der Waals surface area contributed by atoms with Crippen molar-refractivity contribution >= 4 is 10.8 Å². The third kappa shape index (κ3) is 2.28. The number of rotatable bonds is 5. The van der Waals surface area contributed by atoms with E-state index in [0.29, 0.717) is 0 Å². The Morgan fingerprint density at radius 1 is 0.944 bits per heavy atom. The minimum atomic E-state index is 0.877. The molecule has 0 spiro atoms. The Balaban J connectivity index is 2.62. The second kappa shape index (κ2) is 5.76. The quantitative estimate of drug-likeness (QED) is 0.784. The van der Waals surface area contributed by atoms with E-state index in [4.69, 9.17) is 9.47 Å². The van der Waals surface area contributed by atoms with Gasteiger partial charge < -0.3 is 9.47 Å². The van der Waals surface area contributed by atoms with Crippen LogP contribution in [0.5, 0.6) is 11.5 Å². The molecule has 0 fully saturated rings. The third-order valence-electron chi connectivity index (χ3n) is 3.29. The van der Waals surface area contributed by atoms with Crippen LogP contribution in [-0.2, 0) is 6.42 Å². The van der Waals surface area contributed by atoms with Crippen molar-refractivity contribution in [3.05, 3.63) is 35.9 Å². The first-order valence-corrected chi connectivity index (χ1v) is 6.44. The van der Waals surface area contributed by atoms with Crippen LogP contribution in [0.25, 0.3) is 10.8 Å². The molecule has 0 heterocycles. The molecule has 0 aliphatic carbocycles. The van der Waals surface area contributed by atoms with Gasteiger partial charge in [0, 0.05) is 0 Å². The highest BCUT2D eigenvalue weighted by Gasteiger charge is 2.10. The number of benzene rings is 2. The lowest BCUT2D eigenvalue weighted by Crippen LogP contribution is -1.93. The first-order chi connectivity index (χ1) is 8.81. The maximum atomic E-state index is 5.45. The zero-order chi connectivity index (χ0) is 13.0. The fourth-order valence-electron chi connectivity index (χ4n) is 2.33. The van der Waals surface area contributed by atoms with E-state index in [0.717, 1.165) is 23.3 Å². The molecule has 0 aliphatic rings. The second-order valence-corrected chi connectivity index (χ2v) is 4.41. The maximum Gasteiger partial charge on any atom is 0.130 e. The van der Waals surface area contributed by atoms with Gasteiger partial charge in [0.2, 0.25) is 0 Å². The highest BCUT2D eigenvalue weighted by molar-refractivity contribution is 5.96. The standard InChI is InChI=1S/C16H20O2/c1-4-5-7-12-10-11-15(18-3)16-13(12)8-6-9-14(16)17-2/h6,8-11H,4-5,7H2,1-3H3. The van der Waals surface area contributed by atoms with E-state index in [1.54, 1.807) is 14.2 Å². The molecule has 2 aromatic carbocycles. The van der Waals surface area contributed by atoms with Gasteiger partial charge in [-0.1, -0.05) is 31.5 Å². The molecule has 2 heteroatoms. The summed E-state index contributed by atoms with van der Waals surface area (Å²) in [5.41, 5.74) is 1.37. The van der Waals surface area contributed by atoms with E-state index in [-0.39, 0.29) is 0 Å². The van der Waals surface area contributed by atoms with Crippen LogP contribution in [0.15, 0.2) is 30.3 Å². The average molecular weight is 244 g/mol. The van der Waals surface area contributed by atoms with Gasteiger partial charge in [0.1, 0.15) is 11.5 Å². The summed E-state index contributed by atoms with van der Waals surface area (Å²) >= 11 is 0. The predicted molar refractivity (Wildman–Crippen MR) is 75.7 cm³/mol. The summed E-state index contributed by atoms with van der Waals surface area (Å²) in [6.45, 7) is 2.21. The average Bonchev–Trinajstić information content (AvgIpc) is 2.43. The number of methoxy groups -OCH3 is 2. The first-order valence-electron chi connectivity index (χ1n) is 6.44. The van der Waals surface area contributed by atoms with E-state index < -0.39 is 0 Å². The first kappa shape index (κ1) is 12.7. The van der Waals surface area contributed by atoms with Crippen LogP contribution in [-0.4, -0.2) is 14.2 Å². The molecule has 0 saturated heterocycles. The second-order valence-electron chi connectivity index (χ2n) is 4.41. The molecular formula is C16H20O2. The molecule has 96 valence electrons. The minimum absolute atomic E-state index is 0.877. The molecule has 2 nitrogen and oxygen atoms in total. The van der Waals surface area contributed by atoms with Gasteiger partial charge in [-0.15, -0.1) is 0 Å². The Labute approximate surface area is 109 Å². The predicted octanol–water partition coefficient (Wildman–Crippen LogP) is 4.20. The van der Waals surface area contributed by atoms with Gasteiger partial charge >= 0.3 is 0 Å². The molecule has 0 N–H and O–H groups in total. The monoisotopic (exact) mass is 244 g/mol. The number of hydrogen-bond donors (Lipinski definition) is 0. The lowest BCUT2D eigenvalue weighted by molar-refractivity contribution is 0.405. The Kier molecular flexibility index (Phi) is 4.08.